The normalized spacial score (nSPS) is 12.4. The maximum absolute atomic E-state index is 12.1. The van der Waals surface area contributed by atoms with E-state index in [9.17, 15) is 9.59 Å². The lowest BCUT2D eigenvalue weighted by molar-refractivity contribution is -0.121. The minimum Gasteiger partial charge on any atom is -0.346 e. The minimum atomic E-state index is -0.219. The van der Waals surface area contributed by atoms with E-state index in [0.29, 0.717) is 4.88 Å². The third kappa shape index (κ3) is 3.79. The largest absolute Gasteiger partial charge is 0.346 e. The highest BCUT2D eigenvalue weighted by atomic mass is 32.1. The molecule has 0 radical (unpaired) electrons. The third-order valence-corrected chi connectivity index (χ3v) is 4.37. The van der Waals surface area contributed by atoms with Gasteiger partial charge in [-0.15, -0.1) is 21.5 Å². The van der Waals surface area contributed by atoms with Crippen molar-refractivity contribution in [2.45, 2.75) is 46.2 Å². The first-order valence-electron chi connectivity index (χ1n) is 7.15. The highest BCUT2D eigenvalue weighted by Crippen LogP contribution is 2.17. The topological polar surface area (TPSA) is 76.9 Å². The molecule has 0 fully saturated rings. The molecule has 2 heterocycles. The van der Waals surface area contributed by atoms with Gasteiger partial charge in [-0.05, 0) is 44.7 Å². The van der Waals surface area contributed by atoms with Gasteiger partial charge in [0.15, 0.2) is 11.6 Å². The van der Waals surface area contributed by atoms with Gasteiger partial charge < -0.3 is 9.88 Å². The van der Waals surface area contributed by atoms with Crippen molar-refractivity contribution in [2.75, 3.05) is 0 Å². The van der Waals surface area contributed by atoms with E-state index in [1.165, 1.54) is 18.3 Å². The zero-order valence-corrected chi connectivity index (χ0v) is 14.0. The van der Waals surface area contributed by atoms with Crippen molar-refractivity contribution in [3.8, 4) is 0 Å². The number of hydrogen-bond acceptors (Lipinski definition) is 5. The first-order valence-corrected chi connectivity index (χ1v) is 8.03. The second-order valence-corrected chi connectivity index (χ2v) is 6.44. The molecular weight excluding hydrogens is 300 g/mol. The Bertz CT molecular complexity index is 675. The van der Waals surface area contributed by atoms with Gasteiger partial charge in [0.1, 0.15) is 6.33 Å². The predicted octanol–water partition coefficient (Wildman–Crippen LogP) is 2.54. The number of amides is 1. The molecule has 0 saturated heterocycles. The number of hydrogen-bond donors (Lipinski definition) is 1. The Labute approximate surface area is 133 Å². The Hall–Kier alpha value is -2.02. The van der Waals surface area contributed by atoms with E-state index in [-0.39, 0.29) is 30.2 Å². The smallest absolute Gasteiger partial charge is 0.225 e. The number of carbonyl (C=O) groups is 2. The summed E-state index contributed by atoms with van der Waals surface area (Å²) in [6.07, 6.45) is 1.92. The zero-order valence-electron chi connectivity index (χ0n) is 13.2. The van der Waals surface area contributed by atoms with Crippen molar-refractivity contribution in [3.63, 3.8) is 0 Å². The first-order chi connectivity index (χ1) is 10.4. The summed E-state index contributed by atoms with van der Waals surface area (Å²) >= 11 is 1.37. The third-order valence-electron chi connectivity index (χ3n) is 3.29. The fraction of sp³-hybridized carbons (Fsp3) is 0.467. The predicted molar refractivity (Wildman–Crippen MR) is 85.0 cm³/mol. The van der Waals surface area contributed by atoms with Gasteiger partial charge in [-0.2, -0.15) is 0 Å². The van der Waals surface area contributed by atoms with E-state index < -0.39 is 0 Å². The molecule has 0 aliphatic rings. The Kier molecular flexibility index (Phi) is 5.07. The van der Waals surface area contributed by atoms with Crippen molar-refractivity contribution in [1.82, 2.24) is 20.1 Å². The van der Waals surface area contributed by atoms with Crippen molar-refractivity contribution in [3.05, 3.63) is 34.0 Å². The Morgan fingerprint density at radius 1 is 1.36 bits per heavy atom. The minimum absolute atomic E-state index is 0.0232. The molecule has 1 amide bonds. The van der Waals surface area contributed by atoms with Crippen LogP contribution < -0.4 is 5.32 Å². The molecule has 22 heavy (non-hydrogen) atoms. The van der Waals surface area contributed by atoms with Crippen LogP contribution in [0.25, 0.3) is 0 Å². The maximum Gasteiger partial charge on any atom is 0.225 e. The molecule has 0 aromatic carbocycles. The van der Waals surface area contributed by atoms with Crippen LogP contribution in [0.2, 0.25) is 0 Å². The number of aromatic nitrogens is 3. The van der Waals surface area contributed by atoms with Gasteiger partial charge >= 0.3 is 0 Å². The Morgan fingerprint density at radius 3 is 2.68 bits per heavy atom. The number of carbonyl (C=O) groups excluding carboxylic acids is 2. The van der Waals surface area contributed by atoms with Gasteiger partial charge in [-0.3, -0.25) is 9.59 Å². The number of rotatable bonds is 6. The zero-order chi connectivity index (χ0) is 16.3. The quantitative estimate of drug-likeness (QED) is 0.830. The lowest BCUT2D eigenvalue weighted by atomic mass is 10.2. The molecule has 0 aliphatic heterocycles. The molecular formula is C15H20N4O2S. The molecule has 2 aromatic heterocycles. The number of ketones is 1. The molecule has 118 valence electrons. The van der Waals surface area contributed by atoms with Crippen LogP contribution in [-0.2, 0) is 11.2 Å². The van der Waals surface area contributed by atoms with Crippen LogP contribution in [0.5, 0.6) is 0 Å². The van der Waals surface area contributed by atoms with Gasteiger partial charge in [-0.25, -0.2) is 0 Å². The van der Waals surface area contributed by atoms with Crippen LogP contribution in [0.3, 0.4) is 0 Å². The fourth-order valence-corrected chi connectivity index (χ4v) is 2.97. The van der Waals surface area contributed by atoms with E-state index in [2.05, 4.69) is 15.5 Å². The molecule has 6 nitrogen and oxygen atoms in total. The van der Waals surface area contributed by atoms with Crippen molar-refractivity contribution in [2.24, 2.45) is 0 Å². The Balaban J connectivity index is 1.98. The molecule has 0 bridgehead atoms. The molecule has 0 aliphatic carbocycles. The molecule has 0 unspecified atom stereocenters. The van der Waals surface area contributed by atoms with Crippen LogP contribution in [-0.4, -0.2) is 26.5 Å². The number of thiophene rings is 1. The molecule has 1 atom stereocenters. The fourth-order valence-electron chi connectivity index (χ4n) is 2.15. The van der Waals surface area contributed by atoms with Gasteiger partial charge in [-0.1, -0.05) is 0 Å². The van der Waals surface area contributed by atoms with E-state index in [4.69, 9.17) is 0 Å². The summed E-state index contributed by atoms with van der Waals surface area (Å²) in [6.45, 7) is 7.48. The number of nitrogens with zero attached hydrogens (tertiary/aromatic N) is 3. The second kappa shape index (κ2) is 6.83. The monoisotopic (exact) mass is 320 g/mol. The van der Waals surface area contributed by atoms with Crippen LogP contribution in [0.1, 0.15) is 60.8 Å². The summed E-state index contributed by atoms with van der Waals surface area (Å²) < 4.78 is 1.93. The van der Waals surface area contributed by atoms with Gasteiger partial charge in [0.2, 0.25) is 5.91 Å². The van der Waals surface area contributed by atoms with Gasteiger partial charge in [0.25, 0.3) is 0 Å². The highest BCUT2D eigenvalue weighted by molar-refractivity contribution is 7.12. The molecule has 0 spiro atoms. The maximum atomic E-state index is 12.1. The van der Waals surface area contributed by atoms with Crippen LogP contribution in [0, 0.1) is 0 Å². The van der Waals surface area contributed by atoms with E-state index in [0.717, 1.165) is 11.4 Å². The summed E-state index contributed by atoms with van der Waals surface area (Å²) in [4.78, 5) is 24.1. The van der Waals surface area contributed by atoms with Crippen molar-refractivity contribution in [1.29, 1.82) is 0 Å². The summed E-state index contributed by atoms with van der Waals surface area (Å²) in [5.41, 5.74) is 0.852. The van der Waals surface area contributed by atoms with Crippen LogP contribution >= 0.6 is 11.3 Å². The van der Waals surface area contributed by atoms with E-state index >= 15 is 0 Å². The molecule has 0 saturated carbocycles. The number of Topliss-reactive ketones (excluding diaryl/α,β-unsaturated/α-hetero) is 1. The second-order valence-electron chi connectivity index (χ2n) is 5.53. The van der Waals surface area contributed by atoms with Crippen molar-refractivity contribution >= 4 is 23.0 Å². The first kappa shape index (κ1) is 16.4. The van der Waals surface area contributed by atoms with Crippen molar-refractivity contribution < 1.29 is 9.59 Å². The lowest BCUT2D eigenvalue weighted by Crippen LogP contribution is -2.30. The standard InChI is InChI=1S/C15H20N4O2S/c1-9(2)19-8-16-18-15(19)10(3)17-14(21)6-12-5-13(11(4)20)22-7-12/h5,7-10H,6H2,1-4H3,(H,17,21)/t10-/m0/s1. The average molecular weight is 320 g/mol. The Morgan fingerprint density at radius 2 is 2.09 bits per heavy atom. The van der Waals surface area contributed by atoms with Crippen LogP contribution in [0.15, 0.2) is 17.8 Å². The lowest BCUT2D eigenvalue weighted by Gasteiger charge is -2.16. The summed E-state index contributed by atoms with van der Waals surface area (Å²) in [7, 11) is 0. The average Bonchev–Trinajstić information content (AvgIpc) is 3.06. The van der Waals surface area contributed by atoms with E-state index in [1.54, 1.807) is 12.4 Å². The number of nitrogens with one attached hydrogen (secondary N) is 1. The van der Waals surface area contributed by atoms with Crippen LogP contribution in [0.4, 0.5) is 0 Å². The molecule has 2 aromatic rings. The van der Waals surface area contributed by atoms with E-state index in [1.807, 2.05) is 30.7 Å². The van der Waals surface area contributed by atoms with Gasteiger partial charge in [0, 0.05) is 6.04 Å². The summed E-state index contributed by atoms with van der Waals surface area (Å²) in [5.74, 6) is 0.659. The SMILES string of the molecule is CC(=O)c1cc(CC(=O)N[C@@H](C)c2nncn2C(C)C)cs1. The molecule has 7 heteroatoms. The van der Waals surface area contributed by atoms with Gasteiger partial charge in [0.05, 0.1) is 17.3 Å². The summed E-state index contributed by atoms with van der Waals surface area (Å²) in [5, 5.41) is 12.8. The highest BCUT2D eigenvalue weighted by Gasteiger charge is 2.17. The summed E-state index contributed by atoms with van der Waals surface area (Å²) in [6, 6.07) is 1.79. The molecule has 1 N–H and O–H groups in total. The molecule has 2 rings (SSSR count).